The molecule has 1 aromatic carbocycles. The maximum Gasteiger partial charge on any atom is 0.122 e. The molecule has 0 fully saturated rings. The standard InChI is InChI=1S/C12H19NO/c1-3-6-11-7-4-5-8-12(11)14-9-10(2)13/h4-5,7-8,10H,3,6,9,13H2,1-2H3/t10-/m0/s1. The van der Waals surface area contributed by atoms with Crippen molar-refractivity contribution in [1.29, 1.82) is 0 Å². The van der Waals surface area contributed by atoms with Crippen molar-refractivity contribution >= 4 is 0 Å². The van der Waals surface area contributed by atoms with Crippen LogP contribution in [0, 0.1) is 0 Å². The van der Waals surface area contributed by atoms with Crippen LogP contribution in [-0.2, 0) is 6.42 Å². The quantitative estimate of drug-likeness (QED) is 0.779. The van der Waals surface area contributed by atoms with Gasteiger partial charge in [0.2, 0.25) is 0 Å². The summed E-state index contributed by atoms with van der Waals surface area (Å²) in [5.74, 6) is 0.978. The van der Waals surface area contributed by atoms with Crippen molar-refractivity contribution in [1.82, 2.24) is 0 Å². The molecule has 2 N–H and O–H groups in total. The first-order valence-corrected chi connectivity index (χ1v) is 5.20. The maximum atomic E-state index is 5.64. The molecule has 2 heteroatoms. The molecular weight excluding hydrogens is 174 g/mol. The molecule has 78 valence electrons. The Balaban J connectivity index is 2.64. The number of hydrogen-bond donors (Lipinski definition) is 1. The number of rotatable bonds is 5. The third kappa shape index (κ3) is 3.38. The molecule has 0 aliphatic carbocycles. The monoisotopic (exact) mass is 193 g/mol. The van der Waals surface area contributed by atoms with E-state index in [1.54, 1.807) is 0 Å². The third-order valence-corrected chi connectivity index (χ3v) is 1.99. The number of ether oxygens (including phenoxy) is 1. The van der Waals surface area contributed by atoms with Crippen molar-refractivity contribution in [2.75, 3.05) is 6.61 Å². The molecule has 0 aliphatic heterocycles. The molecule has 0 saturated carbocycles. The summed E-state index contributed by atoms with van der Waals surface area (Å²) in [5.41, 5.74) is 6.91. The van der Waals surface area contributed by atoms with Crippen molar-refractivity contribution in [3.63, 3.8) is 0 Å². The topological polar surface area (TPSA) is 35.2 Å². The molecule has 0 radical (unpaired) electrons. The minimum absolute atomic E-state index is 0.0877. The van der Waals surface area contributed by atoms with Crippen LogP contribution in [0.1, 0.15) is 25.8 Å². The smallest absolute Gasteiger partial charge is 0.122 e. The van der Waals surface area contributed by atoms with E-state index in [9.17, 15) is 0 Å². The highest BCUT2D eigenvalue weighted by atomic mass is 16.5. The molecule has 0 aromatic heterocycles. The summed E-state index contributed by atoms with van der Waals surface area (Å²) in [7, 11) is 0. The Morgan fingerprint density at radius 1 is 1.36 bits per heavy atom. The van der Waals surface area contributed by atoms with E-state index < -0.39 is 0 Å². The van der Waals surface area contributed by atoms with Gasteiger partial charge in [0.05, 0.1) is 0 Å². The van der Waals surface area contributed by atoms with E-state index in [0.717, 1.165) is 18.6 Å². The van der Waals surface area contributed by atoms with Crippen LogP contribution in [-0.4, -0.2) is 12.6 Å². The minimum Gasteiger partial charge on any atom is -0.492 e. The minimum atomic E-state index is 0.0877. The van der Waals surface area contributed by atoms with Crippen molar-refractivity contribution in [3.8, 4) is 5.75 Å². The molecule has 0 bridgehead atoms. The predicted molar refractivity (Wildman–Crippen MR) is 59.6 cm³/mol. The predicted octanol–water partition coefficient (Wildman–Crippen LogP) is 2.37. The zero-order chi connectivity index (χ0) is 10.4. The zero-order valence-corrected chi connectivity index (χ0v) is 8.99. The largest absolute Gasteiger partial charge is 0.492 e. The average molecular weight is 193 g/mol. The summed E-state index contributed by atoms with van der Waals surface area (Å²) in [6.45, 7) is 4.70. The zero-order valence-electron chi connectivity index (χ0n) is 8.99. The van der Waals surface area contributed by atoms with E-state index in [-0.39, 0.29) is 6.04 Å². The Hall–Kier alpha value is -1.02. The second kappa shape index (κ2) is 5.66. The highest BCUT2D eigenvalue weighted by Gasteiger charge is 2.02. The van der Waals surface area contributed by atoms with Crippen LogP contribution in [0.4, 0.5) is 0 Å². The van der Waals surface area contributed by atoms with Gasteiger partial charge in [-0.1, -0.05) is 31.5 Å². The van der Waals surface area contributed by atoms with E-state index in [0.29, 0.717) is 6.61 Å². The van der Waals surface area contributed by atoms with Gasteiger partial charge in [0.15, 0.2) is 0 Å². The van der Waals surface area contributed by atoms with Gasteiger partial charge in [-0.25, -0.2) is 0 Å². The second-order valence-electron chi connectivity index (χ2n) is 3.65. The molecule has 14 heavy (non-hydrogen) atoms. The Morgan fingerprint density at radius 2 is 2.07 bits per heavy atom. The lowest BCUT2D eigenvalue weighted by molar-refractivity contribution is 0.293. The lowest BCUT2D eigenvalue weighted by atomic mass is 10.1. The molecule has 1 atom stereocenters. The summed E-state index contributed by atoms with van der Waals surface area (Å²) >= 11 is 0. The molecule has 0 saturated heterocycles. The fraction of sp³-hybridized carbons (Fsp3) is 0.500. The Kier molecular flexibility index (Phi) is 4.47. The molecule has 0 spiro atoms. The molecular formula is C12H19NO. The van der Waals surface area contributed by atoms with E-state index in [1.807, 2.05) is 25.1 Å². The number of benzene rings is 1. The van der Waals surface area contributed by atoms with Crippen molar-refractivity contribution in [2.24, 2.45) is 5.73 Å². The summed E-state index contributed by atoms with van der Waals surface area (Å²) in [4.78, 5) is 0. The van der Waals surface area contributed by atoms with Crippen LogP contribution < -0.4 is 10.5 Å². The third-order valence-electron chi connectivity index (χ3n) is 1.99. The van der Waals surface area contributed by atoms with Crippen molar-refractivity contribution in [3.05, 3.63) is 29.8 Å². The van der Waals surface area contributed by atoms with Crippen LogP contribution in [0.15, 0.2) is 24.3 Å². The van der Waals surface area contributed by atoms with Gasteiger partial charge in [0, 0.05) is 6.04 Å². The highest BCUT2D eigenvalue weighted by molar-refractivity contribution is 5.33. The fourth-order valence-electron chi connectivity index (χ4n) is 1.34. The number of para-hydroxylation sites is 1. The molecule has 0 unspecified atom stereocenters. The van der Waals surface area contributed by atoms with Crippen LogP contribution in [0.3, 0.4) is 0 Å². The fourth-order valence-corrected chi connectivity index (χ4v) is 1.34. The van der Waals surface area contributed by atoms with Crippen molar-refractivity contribution in [2.45, 2.75) is 32.7 Å². The summed E-state index contributed by atoms with van der Waals surface area (Å²) in [6, 6.07) is 8.25. The van der Waals surface area contributed by atoms with Gasteiger partial charge in [0.25, 0.3) is 0 Å². The van der Waals surface area contributed by atoms with Crippen LogP contribution in [0.2, 0.25) is 0 Å². The van der Waals surface area contributed by atoms with Crippen LogP contribution in [0.25, 0.3) is 0 Å². The number of aryl methyl sites for hydroxylation is 1. The summed E-state index contributed by atoms with van der Waals surface area (Å²) in [5, 5.41) is 0. The van der Waals surface area contributed by atoms with Crippen LogP contribution in [0.5, 0.6) is 5.75 Å². The van der Waals surface area contributed by atoms with Gasteiger partial charge in [-0.3, -0.25) is 0 Å². The van der Waals surface area contributed by atoms with Gasteiger partial charge < -0.3 is 10.5 Å². The lowest BCUT2D eigenvalue weighted by Gasteiger charge is -2.12. The SMILES string of the molecule is CCCc1ccccc1OC[C@H](C)N. The lowest BCUT2D eigenvalue weighted by Crippen LogP contribution is -2.23. The van der Waals surface area contributed by atoms with Gasteiger partial charge in [-0.2, -0.15) is 0 Å². The van der Waals surface area contributed by atoms with E-state index >= 15 is 0 Å². The van der Waals surface area contributed by atoms with E-state index in [4.69, 9.17) is 10.5 Å². The first-order chi connectivity index (χ1) is 6.74. The first kappa shape index (κ1) is 11.1. The maximum absolute atomic E-state index is 5.64. The highest BCUT2D eigenvalue weighted by Crippen LogP contribution is 2.19. The Labute approximate surface area is 86.1 Å². The molecule has 1 aromatic rings. The normalized spacial score (nSPS) is 12.5. The molecule has 2 nitrogen and oxygen atoms in total. The number of nitrogens with two attached hydrogens (primary N) is 1. The molecule has 1 rings (SSSR count). The molecule has 0 heterocycles. The van der Waals surface area contributed by atoms with Gasteiger partial charge >= 0.3 is 0 Å². The number of hydrogen-bond acceptors (Lipinski definition) is 2. The molecule has 0 amide bonds. The van der Waals surface area contributed by atoms with Gasteiger partial charge in [0.1, 0.15) is 12.4 Å². The first-order valence-electron chi connectivity index (χ1n) is 5.20. The van der Waals surface area contributed by atoms with Gasteiger partial charge in [-0.15, -0.1) is 0 Å². The van der Waals surface area contributed by atoms with Gasteiger partial charge in [-0.05, 0) is 25.0 Å². The second-order valence-corrected chi connectivity index (χ2v) is 3.65. The average Bonchev–Trinajstić information content (AvgIpc) is 2.17. The summed E-state index contributed by atoms with van der Waals surface area (Å²) < 4.78 is 5.63. The van der Waals surface area contributed by atoms with Crippen molar-refractivity contribution < 1.29 is 4.74 Å². The summed E-state index contributed by atoms with van der Waals surface area (Å²) in [6.07, 6.45) is 2.20. The van der Waals surface area contributed by atoms with Crippen LogP contribution >= 0.6 is 0 Å². The molecule has 0 aliphatic rings. The Bertz CT molecular complexity index is 271. The Morgan fingerprint density at radius 3 is 2.71 bits per heavy atom. The van der Waals surface area contributed by atoms with E-state index in [1.165, 1.54) is 5.56 Å². The van der Waals surface area contributed by atoms with E-state index in [2.05, 4.69) is 13.0 Å².